The van der Waals surface area contributed by atoms with Crippen LogP contribution in [0.3, 0.4) is 0 Å². The molecule has 0 aliphatic rings. The van der Waals surface area contributed by atoms with Crippen LogP contribution >= 0.6 is 0 Å². The largest absolute Gasteiger partial charge is 1.00 e. The van der Waals surface area contributed by atoms with E-state index in [-0.39, 0.29) is 24.8 Å². The van der Waals surface area contributed by atoms with Gasteiger partial charge in [-0.05, 0) is 31.9 Å². The van der Waals surface area contributed by atoms with Gasteiger partial charge in [0, 0.05) is 5.69 Å². The van der Waals surface area contributed by atoms with Crippen molar-refractivity contribution in [3.05, 3.63) is 91.9 Å². The van der Waals surface area contributed by atoms with Gasteiger partial charge in [0.25, 0.3) is 0 Å². The molecule has 1 N–H and O–H groups in total. The number of amides is 1. The van der Waals surface area contributed by atoms with E-state index in [2.05, 4.69) is 45.1 Å². The van der Waals surface area contributed by atoms with Crippen molar-refractivity contribution in [3.63, 3.8) is 0 Å². The molecule has 2 aromatic rings. The summed E-state index contributed by atoms with van der Waals surface area (Å²) < 4.78 is 0. The van der Waals surface area contributed by atoms with Gasteiger partial charge in [0.1, 0.15) is 0 Å². The molecule has 0 saturated carbocycles. The molecule has 0 aliphatic heterocycles. The van der Waals surface area contributed by atoms with E-state index in [0.29, 0.717) is 0 Å². The van der Waals surface area contributed by atoms with Crippen LogP contribution in [0.5, 0.6) is 0 Å². The Morgan fingerprint density at radius 1 is 0.964 bits per heavy atom. The zero-order valence-corrected chi connectivity index (χ0v) is 18.5. The van der Waals surface area contributed by atoms with Crippen molar-refractivity contribution in [2.45, 2.75) is 53.4 Å². The first-order valence-electron chi connectivity index (χ1n) is 9.53. The number of hydrogen-bond acceptors (Lipinski definition) is 1. The number of aryl methyl sites for hydroxylation is 3. The molecular formula is C25H35LiNO-3. The second-order valence-electron chi connectivity index (χ2n) is 6.41. The third-order valence-electron chi connectivity index (χ3n) is 3.74. The van der Waals surface area contributed by atoms with Gasteiger partial charge in [0.05, 0.1) is 5.91 Å². The molecule has 2 nitrogen and oxygen atoms in total. The van der Waals surface area contributed by atoms with Crippen molar-refractivity contribution in [3.8, 4) is 0 Å². The Bertz CT molecular complexity index is 607. The van der Waals surface area contributed by atoms with Gasteiger partial charge in [-0.15, -0.1) is 18.6 Å². The Labute approximate surface area is 185 Å². The fourth-order valence-electron chi connectivity index (χ4n) is 2.14. The van der Waals surface area contributed by atoms with Gasteiger partial charge < -0.3 is 30.4 Å². The van der Waals surface area contributed by atoms with Crippen LogP contribution in [0, 0.1) is 48.0 Å². The minimum Gasteiger partial charge on any atom is -0.351 e. The summed E-state index contributed by atoms with van der Waals surface area (Å²) >= 11 is 0. The van der Waals surface area contributed by atoms with Crippen LogP contribution in [0.25, 0.3) is 0 Å². The fourth-order valence-corrected chi connectivity index (χ4v) is 2.14. The van der Waals surface area contributed by atoms with Crippen LogP contribution in [-0.4, -0.2) is 5.91 Å². The van der Waals surface area contributed by atoms with Crippen molar-refractivity contribution >= 4 is 11.6 Å². The SMILES string of the molecule is CC[CH-]C(=O)Nc1c(C)cccc1C.[CH2-]CCC[CH2-].[CH2-]c1ccc(C)cc1.[Li+]. The Balaban J connectivity index is 0. The van der Waals surface area contributed by atoms with Gasteiger partial charge in [-0.2, -0.15) is 43.9 Å². The monoisotopic (exact) mass is 372 g/mol. The third-order valence-corrected chi connectivity index (χ3v) is 3.74. The van der Waals surface area contributed by atoms with Crippen molar-refractivity contribution < 1.29 is 23.7 Å². The Hall–Kier alpha value is -1.75. The minimum atomic E-state index is -0.0232. The average Bonchev–Trinajstić information content (AvgIpc) is 2.63. The molecule has 0 radical (unpaired) electrons. The van der Waals surface area contributed by atoms with E-state index in [1.165, 1.54) is 12.0 Å². The van der Waals surface area contributed by atoms with Crippen molar-refractivity contribution in [1.82, 2.24) is 0 Å². The number of benzene rings is 2. The quantitative estimate of drug-likeness (QED) is 0.627. The molecule has 0 saturated heterocycles. The number of rotatable bonds is 5. The van der Waals surface area contributed by atoms with Crippen molar-refractivity contribution in [2.24, 2.45) is 0 Å². The molecule has 0 heterocycles. The number of hydrogen-bond donors (Lipinski definition) is 1. The maximum absolute atomic E-state index is 11.4. The first kappa shape index (κ1) is 28.5. The van der Waals surface area contributed by atoms with E-state index >= 15 is 0 Å². The van der Waals surface area contributed by atoms with E-state index in [0.717, 1.165) is 41.6 Å². The molecule has 3 heteroatoms. The number of para-hydroxylation sites is 1. The number of unbranched alkanes of at least 4 members (excludes halogenated alkanes) is 2. The van der Waals surface area contributed by atoms with Gasteiger partial charge in [0.15, 0.2) is 0 Å². The van der Waals surface area contributed by atoms with Crippen LogP contribution in [-0.2, 0) is 4.79 Å². The average molecular weight is 373 g/mol. The summed E-state index contributed by atoms with van der Waals surface area (Å²) in [6, 6.07) is 14.1. The summed E-state index contributed by atoms with van der Waals surface area (Å²) in [5.41, 5.74) is 5.50. The van der Waals surface area contributed by atoms with Crippen LogP contribution in [0.15, 0.2) is 42.5 Å². The van der Waals surface area contributed by atoms with Crippen LogP contribution in [0.2, 0.25) is 0 Å². The number of carbonyl (C=O) groups is 1. The van der Waals surface area contributed by atoms with E-state index in [1.807, 2.05) is 51.1 Å². The molecule has 0 aliphatic carbocycles. The standard InChI is InChI=1S/C12H16NO.C8H9.C5H10.Li/c1-4-6-11(14)13-12-9(2)7-5-8-10(12)3;1-7-3-5-8(2)6-4-7;1-3-5-4-2;/h5-8H,4H2,1-3H3,(H,13,14);3-6H,1H2,2H3;1-5H2;/q2*-1;-2;+1. The molecule has 1 amide bonds. The van der Waals surface area contributed by atoms with Gasteiger partial charge >= 0.3 is 18.9 Å². The molecule has 0 fully saturated rings. The van der Waals surface area contributed by atoms with Gasteiger partial charge in [-0.3, -0.25) is 0 Å². The molecular weight excluding hydrogens is 337 g/mol. The summed E-state index contributed by atoms with van der Waals surface area (Å²) in [5, 5.41) is 2.88. The number of anilines is 1. The fraction of sp³-hybridized carbons (Fsp3) is 0.320. The summed E-state index contributed by atoms with van der Waals surface area (Å²) in [7, 11) is 0. The zero-order chi connectivity index (χ0) is 20.7. The van der Waals surface area contributed by atoms with Gasteiger partial charge in [-0.25, -0.2) is 0 Å². The molecule has 150 valence electrons. The topological polar surface area (TPSA) is 29.1 Å². The third kappa shape index (κ3) is 13.4. The first-order chi connectivity index (χ1) is 12.8. The van der Waals surface area contributed by atoms with Crippen LogP contribution in [0.4, 0.5) is 5.69 Å². The van der Waals surface area contributed by atoms with Crippen LogP contribution < -0.4 is 24.2 Å². The second kappa shape index (κ2) is 17.4. The van der Waals surface area contributed by atoms with E-state index in [1.54, 1.807) is 6.42 Å². The summed E-state index contributed by atoms with van der Waals surface area (Å²) in [6.07, 6.45) is 5.63. The van der Waals surface area contributed by atoms with Crippen molar-refractivity contribution in [1.29, 1.82) is 0 Å². The summed E-state index contributed by atoms with van der Waals surface area (Å²) in [6.45, 7) is 19.0. The van der Waals surface area contributed by atoms with E-state index in [9.17, 15) is 4.79 Å². The number of nitrogens with one attached hydrogen (secondary N) is 1. The Morgan fingerprint density at radius 3 is 1.82 bits per heavy atom. The molecule has 0 bridgehead atoms. The van der Waals surface area contributed by atoms with Gasteiger partial charge in [0.2, 0.25) is 0 Å². The van der Waals surface area contributed by atoms with Gasteiger partial charge in [-0.1, -0.05) is 30.7 Å². The first-order valence-corrected chi connectivity index (χ1v) is 9.53. The molecule has 0 unspecified atom stereocenters. The minimum absolute atomic E-state index is 0. The predicted octanol–water partition coefficient (Wildman–Crippen LogP) is 3.86. The number of carbonyl (C=O) groups excluding carboxylic acids is 1. The molecule has 0 spiro atoms. The summed E-state index contributed by atoms with van der Waals surface area (Å²) in [5.74, 6) is -0.0232. The molecule has 2 aromatic carbocycles. The van der Waals surface area contributed by atoms with Crippen LogP contribution in [0.1, 0.15) is 54.9 Å². The zero-order valence-electron chi connectivity index (χ0n) is 18.5. The van der Waals surface area contributed by atoms with E-state index in [4.69, 9.17) is 0 Å². The Morgan fingerprint density at radius 2 is 1.46 bits per heavy atom. The maximum atomic E-state index is 11.4. The second-order valence-corrected chi connectivity index (χ2v) is 6.41. The van der Waals surface area contributed by atoms with E-state index < -0.39 is 0 Å². The van der Waals surface area contributed by atoms with Crippen molar-refractivity contribution in [2.75, 3.05) is 5.32 Å². The summed E-state index contributed by atoms with van der Waals surface area (Å²) in [4.78, 5) is 11.4. The smallest absolute Gasteiger partial charge is 0.351 e. The molecule has 2 rings (SSSR count). The normalized spacial score (nSPS) is 8.93. The molecule has 0 atom stereocenters. The predicted molar refractivity (Wildman–Crippen MR) is 119 cm³/mol. The molecule has 0 aromatic heterocycles. The maximum Gasteiger partial charge on any atom is 1.00 e. The Kier molecular flexibility index (Phi) is 17.6. The molecule has 28 heavy (non-hydrogen) atoms.